The smallest absolute Gasteiger partial charge is 0.354 e. The van der Waals surface area contributed by atoms with Crippen LogP contribution in [0.25, 0.3) is 21.8 Å². The van der Waals surface area contributed by atoms with E-state index in [1.54, 1.807) is 60.7 Å². The lowest BCUT2D eigenvalue weighted by atomic mass is 9.87. The van der Waals surface area contributed by atoms with Gasteiger partial charge in [0.1, 0.15) is 24.7 Å². The Morgan fingerprint density at radius 1 is 0.667 bits per heavy atom. The van der Waals surface area contributed by atoms with Gasteiger partial charge in [0, 0.05) is 20.8 Å². The van der Waals surface area contributed by atoms with Crippen molar-refractivity contribution in [3.05, 3.63) is 142 Å². The minimum atomic E-state index is -1.34. The third-order valence-corrected chi connectivity index (χ3v) is 7.69. The van der Waals surface area contributed by atoms with E-state index in [0.717, 1.165) is 33.2 Å². The molecule has 4 aromatic carbocycles. The van der Waals surface area contributed by atoms with Gasteiger partial charge in [-0.15, -0.1) is 0 Å². The first-order chi connectivity index (χ1) is 21.9. The van der Waals surface area contributed by atoms with Crippen LogP contribution in [0.5, 0.6) is 11.5 Å². The zero-order valence-corrected chi connectivity index (χ0v) is 25.1. The zero-order valence-electron chi connectivity index (χ0n) is 23.6. The van der Waals surface area contributed by atoms with E-state index >= 15 is 0 Å². The van der Waals surface area contributed by atoms with E-state index in [0.29, 0.717) is 32.7 Å². The molecule has 2 heterocycles. The van der Waals surface area contributed by atoms with E-state index in [4.69, 9.17) is 32.7 Å². The molecular weight excluding hydrogens is 613 g/mol. The van der Waals surface area contributed by atoms with Crippen molar-refractivity contribution in [2.24, 2.45) is 5.16 Å². The molecule has 6 aromatic rings. The van der Waals surface area contributed by atoms with Crippen molar-refractivity contribution in [1.29, 1.82) is 0 Å². The Labute approximate surface area is 268 Å². The summed E-state index contributed by atoms with van der Waals surface area (Å²) in [5, 5.41) is 25.7. The lowest BCUT2D eigenvalue weighted by Gasteiger charge is -2.18. The van der Waals surface area contributed by atoms with E-state index < -0.39 is 17.6 Å². The summed E-state index contributed by atoms with van der Waals surface area (Å²) in [7, 11) is 0. The van der Waals surface area contributed by atoms with E-state index in [1.165, 1.54) is 0 Å². The minimum absolute atomic E-state index is 0.230. The summed E-state index contributed by atoms with van der Waals surface area (Å²) in [6.07, 6.45) is 0. The zero-order chi connectivity index (χ0) is 31.3. The molecule has 224 valence electrons. The van der Waals surface area contributed by atoms with Crippen LogP contribution in [0.3, 0.4) is 0 Å². The molecule has 0 atom stereocenters. The maximum absolute atomic E-state index is 12.0. The molecule has 0 saturated carbocycles. The molecule has 0 saturated heterocycles. The third-order valence-electron chi connectivity index (χ3n) is 7.22. The number of oxime groups is 1. The number of carboxylic acids is 1. The van der Waals surface area contributed by atoms with Gasteiger partial charge in [-0.25, -0.2) is 14.8 Å². The number of ether oxygens (including phenoxy) is 2. The number of halogens is 2. The van der Waals surface area contributed by atoms with Crippen LogP contribution in [0.4, 0.5) is 0 Å². The Morgan fingerprint density at radius 3 is 1.49 bits per heavy atom. The predicted octanol–water partition coefficient (Wildman–Crippen LogP) is 8.29. The highest BCUT2D eigenvalue weighted by Gasteiger charge is 2.27. The molecule has 0 aliphatic carbocycles. The first-order valence-electron chi connectivity index (χ1n) is 13.9. The summed E-state index contributed by atoms with van der Waals surface area (Å²) in [4.78, 5) is 21.2. The average molecular weight is 639 g/mol. The fraction of sp³-hybridized carbons (Fsp3) is 0.0857. The number of rotatable bonds is 10. The lowest BCUT2D eigenvalue weighted by Crippen LogP contribution is -2.23. The normalized spacial score (nSPS) is 11.7. The van der Waals surface area contributed by atoms with Crippen LogP contribution in [-0.2, 0) is 18.0 Å². The van der Waals surface area contributed by atoms with Crippen molar-refractivity contribution >= 4 is 56.7 Å². The van der Waals surface area contributed by atoms with Crippen LogP contribution < -0.4 is 9.47 Å². The summed E-state index contributed by atoms with van der Waals surface area (Å²) in [6, 6.07) is 32.6. The Bertz CT molecular complexity index is 1900. The first kappa shape index (κ1) is 29.9. The number of carboxylic acid groups (broad SMARTS) is 1. The molecule has 0 radical (unpaired) electrons. The van der Waals surface area contributed by atoms with Gasteiger partial charge < -0.3 is 19.8 Å². The largest absolute Gasteiger partial charge is 0.487 e. The molecule has 2 N–H and O–H groups in total. The topological polar surface area (TPSA) is 114 Å². The van der Waals surface area contributed by atoms with Crippen LogP contribution >= 0.6 is 23.2 Å². The maximum atomic E-state index is 12.0. The highest BCUT2D eigenvalue weighted by atomic mass is 35.5. The third kappa shape index (κ3) is 6.98. The Morgan fingerprint density at radius 2 is 1.09 bits per heavy atom. The van der Waals surface area contributed by atoms with Gasteiger partial charge in [0.2, 0.25) is 0 Å². The summed E-state index contributed by atoms with van der Waals surface area (Å²) in [5.41, 5.74) is 3.80. The molecule has 0 spiro atoms. The lowest BCUT2D eigenvalue weighted by molar-refractivity contribution is -0.129. The molecule has 2 aromatic heterocycles. The van der Waals surface area contributed by atoms with Crippen LogP contribution in [0.2, 0.25) is 10.0 Å². The Kier molecular flexibility index (Phi) is 8.77. The number of pyridine rings is 2. The number of fused-ring (bicyclic) bond motifs is 2. The van der Waals surface area contributed by atoms with Crippen molar-refractivity contribution in [1.82, 2.24) is 9.97 Å². The molecule has 0 aliphatic heterocycles. The van der Waals surface area contributed by atoms with Crippen LogP contribution in [0.1, 0.15) is 28.4 Å². The number of aromatic nitrogens is 2. The average Bonchev–Trinajstić information content (AvgIpc) is 3.05. The number of aliphatic carboxylic acids is 1. The SMILES string of the molecule is O=C(O)C(=NO)C(c1ccc(OCc2ccc3ccc(Cl)cc3n2)cc1)c1ccc(OCc2ccc3ccc(Cl)cc3n2)cc1. The molecule has 8 nitrogen and oxygen atoms in total. The Hall–Kier alpha value is -5.18. The molecule has 0 amide bonds. The summed E-state index contributed by atoms with van der Waals surface area (Å²) >= 11 is 12.2. The maximum Gasteiger partial charge on any atom is 0.354 e. The predicted molar refractivity (Wildman–Crippen MR) is 174 cm³/mol. The van der Waals surface area contributed by atoms with Crippen molar-refractivity contribution in [3.8, 4) is 11.5 Å². The quantitative estimate of drug-likeness (QED) is 0.0882. The van der Waals surface area contributed by atoms with E-state index in [2.05, 4.69) is 15.1 Å². The van der Waals surface area contributed by atoms with Gasteiger partial charge in [0.05, 0.1) is 28.3 Å². The highest BCUT2D eigenvalue weighted by Crippen LogP contribution is 2.30. The van der Waals surface area contributed by atoms with Gasteiger partial charge in [0.25, 0.3) is 0 Å². The second-order valence-corrected chi connectivity index (χ2v) is 11.1. The van der Waals surface area contributed by atoms with Crippen molar-refractivity contribution in [2.45, 2.75) is 19.1 Å². The molecule has 0 bridgehead atoms. The summed E-state index contributed by atoms with van der Waals surface area (Å²) < 4.78 is 11.9. The summed E-state index contributed by atoms with van der Waals surface area (Å²) in [5.74, 6) is -1.06. The fourth-order valence-electron chi connectivity index (χ4n) is 4.99. The molecule has 10 heteroatoms. The van der Waals surface area contributed by atoms with E-state index in [1.807, 2.05) is 48.5 Å². The van der Waals surface area contributed by atoms with Crippen LogP contribution in [0.15, 0.2) is 114 Å². The number of hydrogen-bond donors (Lipinski definition) is 2. The number of hydrogen-bond acceptors (Lipinski definition) is 7. The number of carbonyl (C=O) groups is 1. The van der Waals surface area contributed by atoms with Gasteiger partial charge in [0.15, 0.2) is 5.71 Å². The van der Waals surface area contributed by atoms with Crippen molar-refractivity contribution in [2.75, 3.05) is 0 Å². The monoisotopic (exact) mass is 637 g/mol. The van der Waals surface area contributed by atoms with Crippen LogP contribution in [0, 0.1) is 0 Å². The van der Waals surface area contributed by atoms with Gasteiger partial charge in [-0.3, -0.25) is 0 Å². The second kappa shape index (κ2) is 13.2. The second-order valence-electron chi connectivity index (χ2n) is 10.2. The molecular formula is C35H25Cl2N3O5. The number of nitrogens with zero attached hydrogens (tertiary/aromatic N) is 3. The van der Waals surface area contributed by atoms with Gasteiger partial charge >= 0.3 is 5.97 Å². The Balaban J connectivity index is 1.16. The molecule has 45 heavy (non-hydrogen) atoms. The molecule has 0 aliphatic rings. The van der Waals surface area contributed by atoms with Crippen molar-refractivity contribution < 1.29 is 24.6 Å². The highest BCUT2D eigenvalue weighted by molar-refractivity contribution is 6.38. The van der Waals surface area contributed by atoms with Gasteiger partial charge in [-0.2, -0.15) is 0 Å². The molecule has 6 rings (SSSR count). The van der Waals surface area contributed by atoms with Gasteiger partial charge in [-0.1, -0.05) is 76.9 Å². The standard InChI is InChI=1S/C35H25Cl2N3O5/c36-25-9-1-21-3-11-27(38-31(21)17-25)19-44-29-13-5-23(6-14-29)33(34(40-43)35(41)42)24-7-15-30(16-8-24)45-20-28-12-4-22-2-10-26(37)18-32(22)39-28/h1-18,33,43H,19-20H2,(H,41,42). The molecule has 0 unspecified atom stereocenters. The first-order valence-corrected chi connectivity index (χ1v) is 14.6. The fourth-order valence-corrected chi connectivity index (χ4v) is 5.32. The molecule has 0 fully saturated rings. The van der Waals surface area contributed by atoms with Gasteiger partial charge in [-0.05, 0) is 71.8 Å². The minimum Gasteiger partial charge on any atom is -0.487 e. The van der Waals surface area contributed by atoms with Crippen LogP contribution in [-0.4, -0.2) is 32.0 Å². The van der Waals surface area contributed by atoms with E-state index in [-0.39, 0.29) is 13.2 Å². The number of benzene rings is 4. The summed E-state index contributed by atoms with van der Waals surface area (Å²) in [6.45, 7) is 0.460. The van der Waals surface area contributed by atoms with E-state index in [9.17, 15) is 15.1 Å². The van der Waals surface area contributed by atoms with Crippen molar-refractivity contribution in [3.63, 3.8) is 0 Å².